The lowest BCUT2D eigenvalue weighted by Gasteiger charge is -2.22. The first-order chi connectivity index (χ1) is 28.6. The fourth-order valence-corrected chi connectivity index (χ4v) is 8.52. The first kappa shape index (κ1) is 37.4. The summed E-state index contributed by atoms with van der Waals surface area (Å²) in [7, 11) is 1.72. The van der Waals surface area contributed by atoms with Gasteiger partial charge in [-0.2, -0.15) is 0 Å². The van der Waals surface area contributed by atoms with Gasteiger partial charge in [-0.05, 0) is 83.0 Å². The van der Waals surface area contributed by atoms with E-state index in [1.165, 1.54) is 0 Å². The lowest BCUT2D eigenvalue weighted by atomic mass is 10.0. The first-order valence-electron chi connectivity index (χ1n) is 19.5. The fraction of sp³-hybridized carbons (Fsp3) is 0.120. The lowest BCUT2D eigenvalue weighted by molar-refractivity contribution is 0.292. The number of aromatic amines is 2. The first-order valence-corrected chi connectivity index (χ1v) is 20.5. The van der Waals surface area contributed by atoms with Gasteiger partial charge in [0.2, 0.25) is 0 Å². The Morgan fingerprint density at radius 1 is 0.483 bits per heavy atom. The fourth-order valence-electron chi connectivity index (χ4n) is 8.04. The van der Waals surface area contributed by atoms with Crippen molar-refractivity contribution in [1.82, 2.24) is 24.8 Å². The Morgan fingerprint density at radius 2 is 0.897 bits per heavy atom. The number of H-pyrrole nitrogens is 2. The minimum atomic E-state index is 0.512. The molecule has 8 bridgehead atoms. The second-order valence-corrected chi connectivity index (χ2v) is 15.0. The molecule has 9 rings (SSSR count). The quantitative estimate of drug-likeness (QED) is 0.128. The molecule has 0 spiro atoms. The summed E-state index contributed by atoms with van der Waals surface area (Å²) in [5.74, 6) is 1.84. The van der Waals surface area contributed by atoms with Crippen LogP contribution in [0.5, 0.6) is 5.75 Å². The van der Waals surface area contributed by atoms with Gasteiger partial charge in [0, 0.05) is 81.3 Å². The van der Waals surface area contributed by atoms with Crippen LogP contribution in [0.15, 0.2) is 133 Å². The third-order valence-corrected chi connectivity index (χ3v) is 11.0. The summed E-state index contributed by atoms with van der Waals surface area (Å²) < 4.78 is 5.91. The zero-order chi connectivity index (χ0) is 39.4. The maximum atomic E-state index is 6.24. The molecule has 0 fully saturated rings. The molecule has 0 unspecified atom stereocenters. The van der Waals surface area contributed by atoms with E-state index in [1.54, 1.807) is 7.11 Å². The third-order valence-electron chi connectivity index (χ3n) is 10.7. The van der Waals surface area contributed by atoms with Crippen LogP contribution in [-0.2, 0) is 6.54 Å². The molecule has 0 amide bonds. The molecule has 0 radical (unpaired) electrons. The van der Waals surface area contributed by atoms with Crippen molar-refractivity contribution in [3.05, 3.63) is 162 Å². The van der Waals surface area contributed by atoms with Crippen LogP contribution < -0.4 is 4.74 Å². The van der Waals surface area contributed by atoms with Crippen molar-refractivity contribution >= 4 is 69.6 Å². The number of ether oxygens (including phenoxy) is 1. The minimum absolute atomic E-state index is 0.512. The van der Waals surface area contributed by atoms with Crippen molar-refractivity contribution in [3.63, 3.8) is 0 Å². The third kappa shape index (κ3) is 7.38. The molecule has 58 heavy (non-hydrogen) atoms. The van der Waals surface area contributed by atoms with E-state index in [9.17, 15) is 0 Å². The summed E-state index contributed by atoms with van der Waals surface area (Å²) in [6.45, 7) is 2.08. The number of nitrogens with zero attached hydrogens (tertiary/aromatic N) is 3. The van der Waals surface area contributed by atoms with E-state index in [1.807, 2.05) is 18.2 Å². The molecule has 2 aliphatic rings. The highest BCUT2D eigenvalue weighted by Crippen LogP contribution is 2.39. The molecule has 2 N–H and O–H groups in total. The molecule has 0 aliphatic carbocycles. The van der Waals surface area contributed by atoms with Gasteiger partial charge in [-0.1, -0.05) is 97.1 Å². The van der Waals surface area contributed by atoms with Crippen LogP contribution >= 0.6 is 23.2 Å². The summed E-state index contributed by atoms with van der Waals surface area (Å²) in [6, 6.07) is 46.4. The number of hydrogen-bond donors (Lipinski definition) is 2. The number of benzene rings is 4. The predicted molar refractivity (Wildman–Crippen MR) is 244 cm³/mol. The van der Waals surface area contributed by atoms with Crippen molar-refractivity contribution in [2.45, 2.75) is 6.54 Å². The van der Waals surface area contributed by atoms with Gasteiger partial charge < -0.3 is 14.7 Å². The van der Waals surface area contributed by atoms with Crippen LogP contribution in [0.2, 0.25) is 0 Å². The van der Waals surface area contributed by atoms with Crippen LogP contribution in [0, 0.1) is 0 Å². The molecule has 2 aliphatic heterocycles. The smallest absolute Gasteiger partial charge is 0.123 e. The van der Waals surface area contributed by atoms with E-state index in [-0.39, 0.29) is 0 Å². The molecule has 4 aromatic carbocycles. The maximum Gasteiger partial charge on any atom is 0.123 e. The van der Waals surface area contributed by atoms with Gasteiger partial charge >= 0.3 is 0 Å². The van der Waals surface area contributed by atoms with Crippen LogP contribution in [0.4, 0.5) is 0 Å². The second-order valence-electron chi connectivity index (χ2n) is 14.3. The van der Waals surface area contributed by atoms with Crippen LogP contribution in [-0.4, -0.2) is 56.8 Å². The average molecular weight is 799 g/mol. The molecule has 3 aromatic heterocycles. The maximum absolute atomic E-state index is 6.24. The summed E-state index contributed by atoms with van der Waals surface area (Å²) in [5, 5.41) is 0. The standard InChI is InChI=1S/C50H41Cl2N5O/c1-58-46-26-17-36(31-37(46)32-57(29-27-51)30-28-52)50-44-24-22-42(55-44)48(34-13-7-3-8-14-34)40-20-18-38(53-40)47(33-11-5-2-6-12-33)39-19-21-41(54-39)49(35-15-9-4-10-16-35)43-23-25-45(50)56-43/h2-26,31,55-56H,27-30,32H2,1H3. The van der Waals surface area contributed by atoms with Crippen molar-refractivity contribution in [2.75, 3.05) is 32.0 Å². The lowest BCUT2D eigenvalue weighted by Crippen LogP contribution is -2.27. The highest BCUT2D eigenvalue weighted by molar-refractivity contribution is 6.18. The number of methoxy groups -OCH3 is 1. The predicted octanol–water partition coefficient (Wildman–Crippen LogP) is 12.6. The Bertz CT molecular complexity index is 2680. The summed E-state index contributed by atoms with van der Waals surface area (Å²) in [4.78, 5) is 20.8. The largest absolute Gasteiger partial charge is 0.496 e. The molecule has 0 saturated heterocycles. The minimum Gasteiger partial charge on any atom is -0.496 e. The van der Waals surface area contributed by atoms with Gasteiger partial charge in [0.25, 0.3) is 0 Å². The molecule has 7 aromatic rings. The van der Waals surface area contributed by atoms with E-state index in [4.69, 9.17) is 37.9 Å². The number of alkyl halides is 2. The van der Waals surface area contributed by atoms with E-state index >= 15 is 0 Å². The van der Waals surface area contributed by atoms with Gasteiger partial charge in [0.1, 0.15) is 5.75 Å². The number of nitrogens with one attached hydrogen (secondary N) is 2. The Morgan fingerprint density at radius 3 is 1.33 bits per heavy atom. The number of hydrogen-bond acceptors (Lipinski definition) is 4. The molecule has 286 valence electrons. The zero-order valence-corrected chi connectivity index (χ0v) is 33.6. The average Bonchev–Trinajstić information content (AvgIpc) is 4.11. The summed E-state index contributed by atoms with van der Waals surface area (Å²) in [6.07, 6.45) is 8.47. The molecular weight excluding hydrogens is 757 g/mol. The SMILES string of the molecule is COc1ccc(-c2c3ccc([nH]3)c(-c3ccccc3)c3nc(c(-c4ccccc4)c4nc(c(-c5ccccc5)c5ccc2[nH]5)C=C4)C=C3)cc1CN(CCCl)CCCl. The van der Waals surface area contributed by atoms with Crippen molar-refractivity contribution in [1.29, 1.82) is 0 Å². The van der Waals surface area contributed by atoms with Gasteiger partial charge in [-0.25, -0.2) is 9.97 Å². The summed E-state index contributed by atoms with van der Waals surface area (Å²) >= 11 is 12.5. The van der Waals surface area contributed by atoms with Gasteiger partial charge in [0.05, 0.1) is 29.9 Å². The number of halogens is 2. The number of fused-ring (bicyclic) bond motifs is 8. The Labute approximate surface area is 348 Å². The highest BCUT2D eigenvalue weighted by Gasteiger charge is 2.20. The highest BCUT2D eigenvalue weighted by atomic mass is 35.5. The van der Waals surface area contributed by atoms with Crippen LogP contribution in [0.3, 0.4) is 0 Å². The van der Waals surface area contributed by atoms with Crippen molar-refractivity contribution < 1.29 is 4.74 Å². The van der Waals surface area contributed by atoms with Gasteiger partial charge in [-0.3, -0.25) is 4.90 Å². The Hall–Kier alpha value is -6.18. The molecule has 5 heterocycles. The number of aromatic nitrogens is 4. The second kappa shape index (κ2) is 16.7. The van der Waals surface area contributed by atoms with E-state index < -0.39 is 0 Å². The molecule has 8 heteroatoms. The van der Waals surface area contributed by atoms with E-state index in [0.717, 1.165) is 101 Å². The molecule has 0 atom stereocenters. The van der Waals surface area contributed by atoms with Crippen molar-refractivity contribution in [3.8, 4) is 50.3 Å². The molecular formula is C50H41Cl2N5O. The normalized spacial score (nSPS) is 12.1. The summed E-state index contributed by atoms with van der Waals surface area (Å²) in [5.41, 5.74) is 16.5. The van der Waals surface area contributed by atoms with E-state index in [2.05, 4.69) is 154 Å². The Kier molecular flexibility index (Phi) is 10.8. The van der Waals surface area contributed by atoms with Crippen LogP contribution in [0.25, 0.3) is 90.9 Å². The number of rotatable bonds is 11. The Balaban J connectivity index is 1.40. The van der Waals surface area contributed by atoms with Gasteiger partial charge in [0.15, 0.2) is 0 Å². The van der Waals surface area contributed by atoms with Gasteiger partial charge in [-0.15, -0.1) is 23.2 Å². The monoisotopic (exact) mass is 797 g/mol. The van der Waals surface area contributed by atoms with Crippen molar-refractivity contribution in [2.24, 2.45) is 0 Å². The van der Waals surface area contributed by atoms with E-state index in [0.29, 0.717) is 31.4 Å². The van der Waals surface area contributed by atoms with Crippen LogP contribution in [0.1, 0.15) is 28.3 Å². The molecule has 6 nitrogen and oxygen atoms in total. The molecule has 0 saturated carbocycles. The zero-order valence-electron chi connectivity index (χ0n) is 32.1. The topological polar surface area (TPSA) is 69.8 Å².